The number of carbonyl (C=O) groups is 1. The van der Waals surface area contributed by atoms with Gasteiger partial charge in [-0.25, -0.2) is 18.4 Å². The first-order chi connectivity index (χ1) is 17.9. The number of aryl methyl sites for hydroxylation is 1. The van der Waals surface area contributed by atoms with Gasteiger partial charge >= 0.3 is 0 Å². The first kappa shape index (κ1) is 27.1. The number of nitrogens with zero attached hydrogens (tertiary/aromatic N) is 3. The minimum atomic E-state index is -3.75. The summed E-state index contributed by atoms with van der Waals surface area (Å²) in [7, 11) is -3.75. The molecule has 0 aliphatic rings. The zero-order valence-corrected chi connectivity index (χ0v) is 23.0. The average molecular weight is 533 g/mol. The highest BCUT2D eigenvalue weighted by Gasteiger charge is 2.25. The second-order valence-electron chi connectivity index (χ2n) is 10.3. The Kier molecular flexibility index (Phi) is 7.68. The van der Waals surface area contributed by atoms with Crippen LogP contribution < -0.4 is 10.2 Å². The van der Waals surface area contributed by atoms with Crippen LogP contribution in [0, 0.1) is 6.92 Å². The monoisotopic (exact) mass is 532 g/mol. The second kappa shape index (κ2) is 10.8. The van der Waals surface area contributed by atoms with E-state index in [1.54, 1.807) is 18.4 Å². The van der Waals surface area contributed by atoms with Gasteiger partial charge in [-0.15, -0.1) is 0 Å². The minimum Gasteiger partial charge on any atom is -0.467 e. The lowest BCUT2D eigenvalue weighted by atomic mass is 9.87. The number of hydrogen-bond acceptors (Lipinski definition) is 7. The van der Waals surface area contributed by atoms with Gasteiger partial charge in [0.15, 0.2) is 5.69 Å². The Labute approximate surface area is 223 Å². The standard InChI is InChI=1S/C29H32N4O4S/c1-20-9-6-7-11-24(20)31-27(34)26-25(17-30-28(32-26)38(5,35)36)33(19-23-10-8-16-37-23)18-21-12-14-22(15-13-21)29(2,3)4/h6-17H,18-19H2,1-5H3,(H,31,34). The van der Waals surface area contributed by atoms with Crippen LogP contribution >= 0.6 is 0 Å². The summed E-state index contributed by atoms with van der Waals surface area (Å²) in [5, 5.41) is 2.46. The highest BCUT2D eigenvalue weighted by Crippen LogP contribution is 2.27. The van der Waals surface area contributed by atoms with Gasteiger partial charge in [-0.2, -0.15) is 0 Å². The number of nitrogens with one attached hydrogen (secondary N) is 1. The van der Waals surface area contributed by atoms with Gasteiger partial charge in [0.05, 0.1) is 24.7 Å². The van der Waals surface area contributed by atoms with E-state index < -0.39 is 20.9 Å². The lowest BCUT2D eigenvalue weighted by Crippen LogP contribution is -2.27. The summed E-state index contributed by atoms with van der Waals surface area (Å²) in [5.41, 5.74) is 4.05. The van der Waals surface area contributed by atoms with E-state index >= 15 is 0 Å². The van der Waals surface area contributed by atoms with Crippen molar-refractivity contribution in [3.8, 4) is 0 Å². The van der Waals surface area contributed by atoms with Crippen molar-refractivity contribution < 1.29 is 17.6 Å². The average Bonchev–Trinajstić information content (AvgIpc) is 3.37. The van der Waals surface area contributed by atoms with E-state index in [9.17, 15) is 13.2 Å². The van der Waals surface area contributed by atoms with Gasteiger partial charge in [-0.1, -0.05) is 63.2 Å². The number of aromatic nitrogens is 2. The molecule has 1 N–H and O–H groups in total. The lowest BCUT2D eigenvalue weighted by Gasteiger charge is -2.26. The van der Waals surface area contributed by atoms with Crippen molar-refractivity contribution in [3.63, 3.8) is 0 Å². The predicted octanol–water partition coefficient (Wildman–Crippen LogP) is 5.54. The van der Waals surface area contributed by atoms with Crippen molar-refractivity contribution in [2.75, 3.05) is 16.5 Å². The van der Waals surface area contributed by atoms with E-state index in [-0.39, 0.29) is 11.1 Å². The SMILES string of the molecule is Cc1ccccc1NC(=O)c1nc(S(C)(=O)=O)ncc1N(Cc1ccc(C(C)(C)C)cc1)Cc1ccco1. The van der Waals surface area contributed by atoms with Crippen molar-refractivity contribution in [3.05, 3.63) is 101 Å². The fourth-order valence-corrected chi connectivity index (χ4v) is 4.48. The minimum absolute atomic E-state index is 0.0164. The van der Waals surface area contributed by atoms with Crippen LogP contribution in [0.4, 0.5) is 11.4 Å². The Hall–Kier alpha value is -3.98. The van der Waals surface area contributed by atoms with E-state index in [2.05, 4.69) is 60.3 Å². The molecule has 0 radical (unpaired) electrons. The fraction of sp³-hybridized carbons (Fsp3) is 0.276. The van der Waals surface area contributed by atoms with Crippen molar-refractivity contribution in [2.24, 2.45) is 0 Å². The molecule has 0 aliphatic heterocycles. The molecule has 0 unspecified atom stereocenters. The fourth-order valence-electron chi connectivity index (χ4n) is 3.98. The highest BCUT2D eigenvalue weighted by molar-refractivity contribution is 7.90. The largest absolute Gasteiger partial charge is 0.467 e. The van der Waals surface area contributed by atoms with Crippen LogP contribution in [0.15, 0.2) is 82.7 Å². The second-order valence-corrected chi connectivity index (χ2v) is 12.2. The molecule has 9 heteroatoms. The van der Waals surface area contributed by atoms with E-state index in [0.29, 0.717) is 30.2 Å². The van der Waals surface area contributed by atoms with Gasteiger partial charge in [0, 0.05) is 18.5 Å². The molecule has 0 aliphatic carbocycles. The molecule has 198 valence electrons. The van der Waals surface area contributed by atoms with Crippen LogP contribution in [0.5, 0.6) is 0 Å². The third kappa shape index (κ3) is 6.47. The molecule has 0 saturated carbocycles. The number of furan rings is 1. The molecular weight excluding hydrogens is 500 g/mol. The van der Waals surface area contributed by atoms with Crippen LogP contribution in [-0.4, -0.2) is 30.5 Å². The zero-order valence-electron chi connectivity index (χ0n) is 22.2. The number of rotatable bonds is 8. The third-order valence-corrected chi connectivity index (χ3v) is 7.01. The molecule has 1 amide bonds. The highest BCUT2D eigenvalue weighted by atomic mass is 32.2. The van der Waals surface area contributed by atoms with Crippen LogP contribution in [0.2, 0.25) is 0 Å². The first-order valence-corrected chi connectivity index (χ1v) is 14.1. The van der Waals surface area contributed by atoms with E-state index in [0.717, 1.165) is 17.4 Å². The van der Waals surface area contributed by atoms with Crippen LogP contribution in [0.3, 0.4) is 0 Å². The molecule has 2 aromatic carbocycles. The molecule has 0 fully saturated rings. The summed E-state index contributed by atoms with van der Waals surface area (Å²) in [4.78, 5) is 23.8. The van der Waals surface area contributed by atoms with Crippen LogP contribution in [0.25, 0.3) is 0 Å². The topological polar surface area (TPSA) is 105 Å². The van der Waals surface area contributed by atoms with Gasteiger partial charge in [0.25, 0.3) is 5.91 Å². The zero-order chi connectivity index (χ0) is 27.5. The molecule has 2 heterocycles. The predicted molar refractivity (Wildman–Crippen MR) is 148 cm³/mol. The number of benzene rings is 2. The number of para-hydroxylation sites is 1. The quantitative estimate of drug-likeness (QED) is 0.297. The first-order valence-electron chi connectivity index (χ1n) is 12.2. The Morgan fingerprint density at radius 3 is 2.32 bits per heavy atom. The summed E-state index contributed by atoms with van der Waals surface area (Å²) in [6.07, 6.45) is 3.99. The smallest absolute Gasteiger partial charge is 0.276 e. The van der Waals surface area contributed by atoms with Gasteiger partial charge in [-0.05, 0) is 47.2 Å². The number of anilines is 2. The summed E-state index contributed by atoms with van der Waals surface area (Å²) in [6.45, 7) is 9.09. The molecule has 2 aromatic heterocycles. The van der Waals surface area contributed by atoms with Gasteiger partial charge < -0.3 is 14.6 Å². The van der Waals surface area contributed by atoms with Crippen molar-refractivity contribution in [1.29, 1.82) is 0 Å². The van der Waals surface area contributed by atoms with Gasteiger partial charge in [-0.3, -0.25) is 4.79 Å². The van der Waals surface area contributed by atoms with Crippen LogP contribution in [0.1, 0.15) is 53.7 Å². The van der Waals surface area contributed by atoms with Crippen molar-refractivity contribution in [1.82, 2.24) is 9.97 Å². The number of carbonyl (C=O) groups excluding carboxylic acids is 1. The molecule has 0 saturated heterocycles. The summed E-state index contributed by atoms with van der Waals surface area (Å²) >= 11 is 0. The van der Waals surface area contributed by atoms with Crippen LogP contribution in [-0.2, 0) is 28.3 Å². The van der Waals surface area contributed by atoms with E-state index in [1.165, 1.54) is 11.8 Å². The normalized spacial score (nSPS) is 11.8. The molecule has 0 bridgehead atoms. The van der Waals surface area contributed by atoms with Crippen molar-refractivity contribution >= 4 is 27.1 Å². The number of amides is 1. The Morgan fingerprint density at radius 2 is 1.71 bits per heavy atom. The molecule has 4 aromatic rings. The maximum Gasteiger partial charge on any atom is 0.276 e. The van der Waals surface area contributed by atoms with E-state index in [1.807, 2.05) is 36.1 Å². The molecule has 0 atom stereocenters. The lowest BCUT2D eigenvalue weighted by molar-refractivity contribution is 0.102. The molecule has 4 rings (SSSR count). The molecular formula is C29H32N4O4S. The third-order valence-electron chi connectivity index (χ3n) is 6.15. The Balaban J connectivity index is 1.77. The molecule has 0 spiro atoms. The summed E-state index contributed by atoms with van der Waals surface area (Å²) < 4.78 is 30.2. The number of hydrogen-bond donors (Lipinski definition) is 1. The molecule has 8 nitrogen and oxygen atoms in total. The molecule has 38 heavy (non-hydrogen) atoms. The maximum absolute atomic E-state index is 13.5. The maximum atomic E-state index is 13.5. The summed E-state index contributed by atoms with van der Waals surface area (Å²) in [5.74, 6) is 0.142. The number of sulfone groups is 1. The van der Waals surface area contributed by atoms with Crippen molar-refractivity contribution in [2.45, 2.75) is 51.4 Å². The van der Waals surface area contributed by atoms with E-state index in [4.69, 9.17) is 4.42 Å². The Bertz CT molecular complexity index is 1520. The van der Waals surface area contributed by atoms with Gasteiger partial charge in [0.1, 0.15) is 5.76 Å². The summed E-state index contributed by atoms with van der Waals surface area (Å²) in [6, 6.07) is 19.3. The Morgan fingerprint density at radius 1 is 1.00 bits per heavy atom. The van der Waals surface area contributed by atoms with Gasteiger partial charge in [0.2, 0.25) is 15.0 Å².